The summed E-state index contributed by atoms with van der Waals surface area (Å²) in [5.41, 5.74) is 0.0851. The average molecular weight is 296 g/mol. The number of nitrogens with zero attached hydrogens (tertiary/aromatic N) is 2. The van der Waals surface area contributed by atoms with Gasteiger partial charge in [0.15, 0.2) is 0 Å². The zero-order valence-corrected chi connectivity index (χ0v) is 12.3. The molecule has 0 atom stereocenters. The van der Waals surface area contributed by atoms with E-state index in [2.05, 4.69) is 15.7 Å². The summed E-state index contributed by atoms with van der Waals surface area (Å²) in [6, 6.07) is 1.13. The zero-order valence-electron chi connectivity index (χ0n) is 12.3. The number of nitrogens with one attached hydrogen (secondary N) is 2. The highest BCUT2D eigenvalue weighted by atomic mass is 16.4. The molecule has 0 aliphatic rings. The van der Waals surface area contributed by atoms with Gasteiger partial charge in [0.05, 0.1) is 18.7 Å². The van der Waals surface area contributed by atoms with E-state index in [1.165, 1.54) is 0 Å². The number of aryl methyl sites for hydroxylation is 1. The quantitative estimate of drug-likeness (QED) is 0.712. The van der Waals surface area contributed by atoms with Crippen LogP contribution in [-0.4, -0.2) is 32.8 Å². The molecule has 0 aliphatic heterocycles. The molecule has 0 saturated carbocycles. The number of amides is 3. The topological polar surface area (TPSA) is 113 Å². The van der Waals surface area contributed by atoms with Gasteiger partial charge in [0.2, 0.25) is 5.91 Å². The van der Waals surface area contributed by atoms with Crippen molar-refractivity contribution in [1.82, 2.24) is 20.4 Å². The van der Waals surface area contributed by atoms with Gasteiger partial charge >= 0.3 is 12.0 Å². The summed E-state index contributed by atoms with van der Waals surface area (Å²) in [5, 5.41) is 17.4. The number of hydrogen-bond donors (Lipinski definition) is 3. The predicted octanol–water partition coefficient (Wildman–Crippen LogP) is 0.637. The molecular weight excluding hydrogens is 276 g/mol. The van der Waals surface area contributed by atoms with Crippen LogP contribution in [0.2, 0.25) is 0 Å². The SMILES string of the molecule is Cn1nccc1CNC(=O)NC(=O)CC(C)(C)CC(=O)O. The summed E-state index contributed by atoms with van der Waals surface area (Å²) in [4.78, 5) is 33.9. The normalized spacial score (nSPS) is 11.0. The number of hydrogen-bond acceptors (Lipinski definition) is 4. The zero-order chi connectivity index (χ0) is 16.0. The smallest absolute Gasteiger partial charge is 0.321 e. The first-order valence-electron chi connectivity index (χ1n) is 6.46. The molecule has 1 aromatic rings. The van der Waals surface area contributed by atoms with Crippen LogP contribution in [0, 0.1) is 5.41 Å². The van der Waals surface area contributed by atoms with Gasteiger partial charge < -0.3 is 10.4 Å². The molecule has 116 valence electrons. The van der Waals surface area contributed by atoms with E-state index >= 15 is 0 Å². The maximum absolute atomic E-state index is 11.7. The molecule has 21 heavy (non-hydrogen) atoms. The molecule has 0 aliphatic carbocycles. The molecule has 3 N–H and O–H groups in total. The molecular formula is C13H20N4O4. The molecule has 0 spiro atoms. The number of imide groups is 1. The summed E-state index contributed by atoms with van der Waals surface area (Å²) in [7, 11) is 1.74. The number of aromatic nitrogens is 2. The second-order valence-corrected chi connectivity index (χ2v) is 5.59. The fourth-order valence-corrected chi connectivity index (χ4v) is 1.87. The van der Waals surface area contributed by atoms with Gasteiger partial charge in [0, 0.05) is 19.7 Å². The van der Waals surface area contributed by atoms with Gasteiger partial charge in [-0.15, -0.1) is 0 Å². The Morgan fingerprint density at radius 1 is 1.33 bits per heavy atom. The third-order valence-corrected chi connectivity index (χ3v) is 2.87. The fraction of sp³-hybridized carbons (Fsp3) is 0.538. The van der Waals surface area contributed by atoms with Crippen molar-refractivity contribution in [3.05, 3.63) is 18.0 Å². The maximum Gasteiger partial charge on any atom is 0.321 e. The van der Waals surface area contributed by atoms with E-state index in [9.17, 15) is 14.4 Å². The minimum Gasteiger partial charge on any atom is -0.481 e. The van der Waals surface area contributed by atoms with Crippen molar-refractivity contribution in [3.8, 4) is 0 Å². The number of carboxylic acids is 1. The number of carbonyl (C=O) groups is 3. The lowest BCUT2D eigenvalue weighted by Gasteiger charge is -2.21. The average Bonchev–Trinajstić information content (AvgIpc) is 2.69. The Morgan fingerprint density at radius 2 is 2.00 bits per heavy atom. The van der Waals surface area contributed by atoms with Crippen LogP contribution in [0.4, 0.5) is 4.79 Å². The first-order valence-corrected chi connectivity index (χ1v) is 6.46. The minimum absolute atomic E-state index is 0.0432. The Labute approximate surface area is 122 Å². The Balaban J connectivity index is 2.39. The van der Waals surface area contributed by atoms with Gasteiger partial charge in [-0.05, 0) is 11.5 Å². The van der Waals surface area contributed by atoms with Crippen LogP contribution in [0.15, 0.2) is 12.3 Å². The van der Waals surface area contributed by atoms with Crippen LogP contribution in [0.5, 0.6) is 0 Å². The van der Waals surface area contributed by atoms with Gasteiger partial charge in [-0.25, -0.2) is 4.79 Å². The second-order valence-electron chi connectivity index (χ2n) is 5.59. The van der Waals surface area contributed by atoms with Crippen molar-refractivity contribution in [2.75, 3.05) is 0 Å². The molecule has 0 aromatic carbocycles. The predicted molar refractivity (Wildman–Crippen MR) is 74.2 cm³/mol. The van der Waals surface area contributed by atoms with Crippen molar-refractivity contribution < 1.29 is 19.5 Å². The minimum atomic E-state index is -0.978. The van der Waals surface area contributed by atoms with E-state index in [1.54, 1.807) is 37.8 Å². The molecule has 8 heteroatoms. The van der Waals surface area contributed by atoms with E-state index in [-0.39, 0.29) is 19.4 Å². The summed E-state index contributed by atoms with van der Waals surface area (Å²) in [5.74, 6) is -1.49. The van der Waals surface area contributed by atoms with E-state index in [1.807, 2.05) is 0 Å². The highest BCUT2D eigenvalue weighted by molar-refractivity contribution is 5.94. The number of rotatable bonds is 6. The molecule has 1 heterocycles. The molecule has 1 rings (SSSR count). The van der Waals surface area contributed by atoms with Crippen molar-refractivity contribution in [2.45, 2.75) is 33.2 Å². The van der Waals surface area contributed by atoms with Crippen molar-refractivity contribution in [3.63, 3.8) is 0 Å². The summed E-state index contributed by atoms with van der Waals surface area (Å²) >= 11 is 0. The van der Waals surface area contributed by atoms with E-state index in [4.69, 9.17) is 5.11 Å². The van der Waals surface area contributed by atoms with Gasteiger partial charge in [0.1, 0.15) is 0 Å². The first-order chi connectivity index (χ1) is 9.69. The summed E-state index contributed by atoms with van der Waals surface area (Å²) in [6.07, 6.45) is 1.42. The van der Waals surface area contributed by atoms with Crippen molar-refractivity contribution in [1.29, 1.82) is 0 Å². The van der Waals surface area contributed by atoms with Crippen LogP contribution in [0.25, 0.3) is 0 Å². The van der Waals surface area contributed by atoms with Crippen LogP contribution >= 0.6 is 0 Å². The number of aliphatic carboxylic acids is 1. The number of carbonyl (C=O) groups excluding carboxylic acids is 2. The fourth-order valence-electron chi connectivity index (χ4n) is 1.87. The number of carboxylic acid groups (broad SMARTS) is 1. The molecule has 0 bridgehead atoms. The van der Waals surface area contributed by atoms with Crippen molar-refractivity contribution in [2.24, 2.45) is 12.5 Å². The highest BCUT2D eigenvalue weighted by Gasteiger charge is 2.25. The lowest BCUT2D eigenvalue weighted by molar-refractivity contribution is -0.139. The lowest BCUT2D eigenvalue weighted by Crippen LogP contribution is -2.41. The molecule has 0 saturated heterocycles. The summed E-state index contributed by atoms with van der Waals surface area (Å²) < 4.78 is 1.61. The van der Waals surface area contributed by atoms with Gasteiger partial charge in [-0.3, -0.25) is 19.6 Å². The molecule has 0 radical (unpaired) electrons. The number of urea groups is 1. The van der Waals surface area contributed by atoms with Crippen LogP contribution < -0.4 is 10.6 Å². The largest absolute Gasteiger partial charge is 0.481 e. The Hall–Kier alpha value is -2.38. The van der Waals surface area contributed by atoms with Crippen LogP contribution in [-0.2, 0) is 23.2 Å². The monoisotopic (exact) mass is 296 g/mol. The molecule has 1 aromatic heterocycles. The van der Waals surface area contributed by atoms with E-state index < -0.39 is 23.3 Å². The molecule has 8 nitrogen and oxygen atoms in total. The second kappa shape index (κ2) is 6.87. The third kappa shape index (κ3) is 6.07. The van der Waals surface area contributed by atoms with Crippen LogP contribution in [0.1, 0.15) is 32.4 Å². The Morgan fingerprint density at radius 3 is 2.52 bits per heavy atom. The Bertz CT molecular complexity index is 536. The third-order valence-electron chi connectivity index (χ3n) is 2.87. The van der Waals surface area contributed by atoms with E-state index in [0.29, 0.717) is 0 Å². The standard InChI is InChI=1S/C13H20N4O4/c1-13(2,7-11(19)20)6-10(18)16-12(21)14-8-9-4-5-15-17(9)3/h4-5H,6-8H2,1-3H3,(H,19,20)(H2,14,16,18,21). The first kappa shape index (κ1) is 16.7. The molecule has 0 unspecified atom stereocenters. The lowest BCUT2D eigenvalue weighted by atomic mass is 9.85. The van der Waals surface area contributed by atoms with Crippen LogP contribution in [0.3, 0.4) is 0 Å². The van der Waals surface area contributed by atoms with Crippen molar-refractivity contribution >= 4 is 17.9 Å². The van der Waals surface area contributed by atoms with Gasteiger partial charge in [0.25, 0.3) is 0 Å². The highest BCUT2D eigenvalue weighted by Crippen LogP contribution is 2.24. The van der Waals surface area contributed by atoms with Gasteiger partial charge in [-0.1, -0.05) is 13.8 Å². The van der Waals surface area contributed by atoms with Gasteiger partial charge in [-0.2, -0.15) is 5.10 Å². The molecule has 0 fully saturated rings. The van der Waals surface area contributed by atoms with E-state index in [0.717, 1.165) is 5.69 Å². The Kier molecular flexibility index (Phi) is 5.45. The maximum atomic E-state index is 11.7. The summed E-state index contributed by atoms with van der Waals surface area (Å²) in [6.45, 7) is 3.57. The molecule has 3 amide bonds.